The second-order valence-electron chi connectivity index (χ2n) is 7.19. The predicted octanol–water partition coefficient (Wildman–Crippen LogP) is 4.49. The lowest BCUT2D eigenvalue weighted by Crippen LogP contribution is -2.13. The zero-order valence-electron chi connectivity index (χ0n) is 15.7. The van der Waals surface area contributed by atoms with Crippen LogP contribution in [0.3, 0.4) is 0 Å². The maximum Gasteiger partial charge on any atom is 0.179 e. The summed E-state index contributed by atoms with van der Waals surface area (Å²) in [6.45, 7) is 3.57. The van der Waals surface area contributed by atoms with Crippen LogP contribution in [0.2, 0.25) is 0 Å². The van der Waals surface area contributed by atoms with Crippen molar-refractivity contribution < 1.29 is 17.9 Å². The summed E-state index contributed by atoms with van der Waals surface area (Å²) in [6.07, 6.45) is -0.428. The van der Waals surface area contributed by atoms with E-state index in [2.05, 4.69) is 15.2 Å². The van der Waals surface area contributed by atoms with E-state index in [0.29, 0.717) is 33.7 Å². The Morgan fingerprint density at radius 2 is 1.93 bits per heavy atom. The Hall–Kier alpha value is -2.68. The molecule has 29 heavy (non-hydrogen) atoms. The van der Waals surface area contributed by atoms with Crippen LogP contribution in [0.5, 0.6) is 5.06 Å². The van der Waals surface area contributed by atoms with Gasteiger partial charge in [-0.2, -0.15) is 0 Å². The van der Waals surface area contributed by atoms with Crippen LogP contribution in [0, 0.1) is 18.6 Å². The van der Waals surface area contributed by atoms with Crippen LogP contribution in [0.15, 0.2) is 23.2 Å². The van der Waals surface area contributed by atoms with Gasteiger partial charge in [-0.05, 0) is 38.8 Å². The van der Waals surface area contributed by atoms with E-state index in [1.807, 2.05) is 18.4 Å². The van der Waals surface area contributed by atoms with Gasteiger partial charge in [0, 0.05) is 11.1 Å². The third-order valence-corrected chi connectivity index (χ3v) is 6.37. The van der Waals surface area contributed by atoms with Crippen molar-refractivity contribution in [1.82, 2.24) is 14.8 Å². The van der Waals surface area contributed by atoms with Crippen molar-refractivity contribution in [2.75, 3.05) is 6.61 Å². The lowest BCUT2D eigenvalue weighted by molar-refractivity contribution is 0.201. The van der Waals surface area contributed by atoms with Crippen molar-refractivity contribution >= 4 is 17.0 Å². The third-order valence-electron chi connectivity index (χ3n) is 5.24. The number of rotatable bonds is 1. The van der Waals surface area contributed by atoms with Gasteiger partial charge in [0.25, 0.3) is 0 Å². The van der Waals surface area contributed by atoms with Crippen molar-refractivity contribution in [3.63, 3.8) is 0 Å². The Morgan fingerprint density at radius 3 is 2.69 bits per heavy atom. The maximum atomic E-state index is 14.8. The number of ether oxygens (including phenoxy) is 1. The van der Waals surface area contributed by atoms with Crippen LogP contribution in [0.25, 0.3) is 5.00 Å². The first-order valence-electron chi connectivity index (χ1n) is 9.33. The van der Waals surface area contributed by atoms with Gasteiger partial charge in [-0.15, -0.1) is 10.2 Å². The first-order chi connectivity index (χ1) is 14.0. The van der Waals surface area contributed by atoms with Crippen molar-refractivity contribution in [2.45, 2.75) is 38.9 Å². The van der Waals surface area contributed by atoms with Gasteiger partial charge in [-0.1, -0.05) is 17.4 Å². The van der Waals surface area contributed by atoms with Gasteiger partial charge in [0.05, 0.1) is 11.3 Å². The number of halogens is 3. The van der Waals surface area contributed by atoms with Crippen molar-refractivity contribution in [3.05, 3.63) is 58.2 Å². The van der Waals surface area contributed by atoms with Crippen molar-refractivity contribution in [3.8, 4) is 10.1 Å². The first kappa shape index (κ1) is 18.4. The van der Waals surface area contributed by atoms with Crippen LogP contribution in [-0.2, 0) is 6.42 Å². The molecule has 9 heteroatoms. The van der Waals surface area contributed by atoms with Gasteiger partial charge in [0.1, 0.15) is 41.3 Å². The van der Waals surface area contributed by atoms with E-state index < -0.39 is 23.8 Å². The molecule has 2 aromatic heterocycles. The Balaban J connectivity index is 1.84. The minimum atomic E-state index is -1.09. The van der Waals surface area contributed by atoms with Gasteiger partial charge >= 0.3 is 0 Å². The van der Waals surface area contributed by atoms with Gasteiger partial charge in [0.2, 0.25) is 0 Å². The second kappa shape index (κ2) is 6.69. The fourth-order valence-electron chi connectivity index (χ4n) is 3.86. The largest absolute Gasteiger partial charge is 0.481 e. The Labute approximate surface area is 168 Å². The number of aryl methyl sites for hydroxylation is 1. The summed E-state index contributed by atoms with van der Waals surface area (Å²) >= 11 is 1.31. The van der Waals surface area contributed by atoms with Crippen molar-refractivity contribution in [2.24, 2.45) is 4.99 Å². The highest BCUT2D eigenvalue weighted by Gasteiger charge is 2.35. The van der Waals surface area contributed by atoms with Crippen LogP contribution < -0.4 is 4.74 Å². The van der Waals surface area contributed by atoms with E-state index in [-0.39, 0.29) is 24.3 Å². The third kappa shape index (κ3) is 2.78. The quantitative estimate of drug-likeness (QED) is 0.585. The molecule has 1 aromatic carbocycles. The zero-order valence-corrected chi connectivity index (χ0v) is 16.6. The number of fused-ring (bicyclic) bond motifs is 5. The molecule has 2 aliphatic rings. The monoisotopic (exact) mass is 418 g/mol. The summed E-state index contributed by atoms with van der Waals surface area (Å²) in [5.74, 6) is -0.183. The molecule has 0 saturated heterocycles. The molecule has 0 aliphatic carbocycles. The highest BCUT2D eigenvalue weighted by atomic mass is 32.1. The highest BCUT2D eigenvalue weighted by Crippen LogP contribution is 2.45. The number of hydrogen-bond acceptors (Lipinski definition) is 5. The van der Waals surface area contributed by atoms with E-state index in [1.54, 1.807) is 0 Å². The Kier molecular flexibility index (Phi) is 4.23. The van der Waals surface area contributed by atoms with Gasteiger partial charge in [0.15, 0.2) is 10.9 Å². The molecule has 0 bridgehead atoms. The van der Waals surface area contributed by atoms with Crippen molar-refractivity contribution in [1.29, 1.82) is 0 Å². The summed E-state index contributed by atoms with van der Waals surface area (Å²) in [5, 5.41) is 9.63. The number of aromatic nitrogens is 3. The fourth-order valence-corrected chi connectivity index (χ4v) is 5.13. The molecule has 0 N–H and O–H groups in total. The van der Waals surface area contributed by atoms with E-state index in [4.69, 9.17) is 4.74 Å². The van der Waals surface area contributed by atoms with E-state index in [9.17, 15) is 13.2 Å². The van der Waals surface area contributed by atoms with Gasteiger partial charge in [-0.25, -0.2) is 13.2 Å². The number of alkyl halides is 1. The number of hydrogen-bond donors (Lipinski definition) is 0. The number of aliphatic imine (C=N–C) groups is 1. The topological polar surface area (TPSA) is 52.3 Å². The molecule has 0 saturated carbocycles. The lowest BCUT2D eigenvalue weighted by Gasteiger charge is -2.12. The van der Waals surface area contributed by atoms with E-state index in [1.165, 1.54) is 29.5 Å². The number of nitrogens with zero attached hydrogens (tertiary/aromatic N) is 4. The summed E-state index contributed by atoms with van der Waals surface area (Å²) < 4.78 is 51.0. The predicted molar refractivity (Wildman–Crippen MR) is 103 cm³/mol. The number of thiophene rings is 1. The molecule has 0 radical (unpaired) electrons. The Morgan fingerprint density at radius 1 is 1.17 bits per heavy atom. The highest BCUT2D eigenvalue weighted by molar-refractivity contribution is 7.17. The van der Waals surface area contributed by atoms with Crippen LogP contribution in [0.1, 0.15) is 47.7 Å². The average Bonchev–Trinajstić information content (AvgIpc) is 3.14. The summed E-state index contributed by atoms with van der Waals surface area (Å²) in [6, 6.07) is 3.27. The molecule has 2 aliphatic heterocycles. The molecular formula is C20H17F3N4OS. The summed E-state index contributed by atoms with van der Waals surface area (Å²) in [7, 11) is 0. The lowest BCUT2D eigenvalue weighted by atomic mass is 9.96. The molecule has 0 unspecified atom stereocenters. The summed E-state index contributed by atoms with van der Waals surface area (Å²) in [5.41, 5.74) is 1.29. The normalized spacial score (nSPS) is 20.7. The second-order valence-corrected chi connectivity index (χ2v) is 8.15. The molecule has 5 nitrogen and oxygen atoms in total. The minimum absolute atomic E-state index is 0.0443. The van der Waals surface area contributed by atoms with Crippen LogP contribution >= 0.6 is 11.3 Å². The molecule has 0 amide bonds. The molecule has 0 spiro atoms. The molecule has 4 heterocycles. The van der Waals surface area contributed by atoms with Crippen LogP contribution in [0.4, 0.5) is 13.2 Å². The summed E-state index contributed by atoms with van der Waals surface area (Å²) in [4.78, 5) is 4.66. The SMILES string of the molecule is Cc1nnc2n1-c1sc3c(c1C(c1c(F)cccc1F)=N[C@H]2C)CC[C@@H](F)CO3. The molecular weight excluding hydrogens is 401 g/mol. The molecule has 150 valence electrons. The molecule has 3 aromatic rings. The molecule has 5 rings (SSSR count). The van der Waals surface area contributed by atoms with Gasteiger partial charge in [-0.3, -0.25) is 9.56 Å². The zero-order chi connectivity index (χ0) is 20.3. The fraction of sp³-hybridized carbons (Fsp3) is 0.350. The first-order valence-corrected chi connectivity index (χ1v) is 10.1. The Bertz CT molecular complexity index is 1130. The smallest absolute Gasteiger partial charge is 0.179 e. The maximum absolute atomic E-state index is 14.8. The van der Waals surface area contributed by atoms with E-state index in [0.717, 1.165) is 5.56 Å². The van der Waals surface area contributed by atoms with E-state index >= 15 is 0 Å². The molecule has 0 fully saturated rings. The van der Waals surface area contributed by atoms with Gasteiger partial charge < -0.3 is 4.74 Å². The minimum Gasteiger partial charge on any atom is -0.481 e. The average molecular weight is 418 g/mol. The number of benzene rings is 1. The molecule has 2 atom stereocenters. The standard InChI is InChI=1S/C20H17F3N4OS/c1-9-18-26-25-10(2)27(18)19-15(12-7-6-11(21)8-28-20(12)29-19)17(24-9)16-13(22)4-3-5-14(16)23/h3-5,9,11H,6-8H2,1-2H3/t9-,11+/m0/s1. The van der Waals surface area contributed by atoms with Crippen LogP contribution in [-0.4, -0.2) is 33.3 Å².